The third-order valence-electron chi connectivity index (χ3n) is 3.12. The predicted molar refractivity (Wildman–Crippen MR) is 75.0 cm³/mol. The number of nitrogens with one attached hydrogen (secondary N) is 2. The average Bonchev–Trinajstić information content (AvgIpc) is 2.85. The number of aromatic nitrogens is 2. The van der Waals surface area contributed by atoms with E-state index >= 15 is 0 Å². The molecule has 0 aromatic carbocycles. The fourth-order valence-corrected chi connectivity index (χ4v) is 2.20. The minimum Gasteiger partial charge on any atom is -0.383 e. The Morgan fingerprint density at radius 1 is 1.60 bits per heavy atom. The Bertz CT molecular complexity index is 546. The first kappa shape index (κ1) is 14.8. The monoisotopic (exact) mass is 300 g/mol. The molecule has 1 amide bonds. The first-order valence-electron chi connectivity index (χ1n) is 6.39. The molecule has 110 valence electrons. The van der Waals surface area contributed by atoms with Gasteiger partial charge in [0, 0.05) is 26.1 Å². The number of carbonyl (C=O) groups is 1. The largest absolute Gasteiger partial charge is 0.383 e. The first-order chi connectivity index (χ1) is 9.61. The fourth-order valence-electron chi connectivity index (χ4n) is 1.99. The van der Waals surface area contributed by atoms with Gasteiger partial charge < -0.3 is 15.4 Å². The zero-order chi connectivity index (χ0) is 14.5. The van der Waals surface area contributed by atoms with Crippen molar-refractivity contribution in [3.8, 4) is 0 Å². The summed E-state index contributed by atoms with van der Waals surface area (Å²) < 4.78 is 6.16. The molecular weight excluding hydrogens is 284 g/mol. The highest BCUT2D eigenvalue weighted by Crippen LogP contribution is 2.16. The summed E-state index contributed by atoms with van der Waals surface area (Å²) >= 11 is 6.03. The lowest BCUT2D eigenvalue weighted by atomic mass is 10.2. The first-order valence-corrected chi connectivity index (χ1v) is 6.77. The van der Waals surface area contributed by atoms with Crippen LogP contribution >= 0.6 is 11.6 Å². The van der Waals surface area contributed by atoms with E-state index in [1.807, 2.05) is 0 Å². The second-order valence-corrected chi connectivity index (χ2v) is 4.96. The van der Waals surface area contributed by atoms with Crippen molar-refractivity contribution < 1.29 is 9.53 Å². The molecule has 8 heteroatoms. The van der Waals surface area contributed by atoms with Crippen molar-refractivity contribution in [2.45, 2.75) is 25.4 Å². The number of hydrogen-bond acceptors (Lipinski definition) is 5. The molecule has 0 radical (unpaired) electrons. The van der Waals surface area contributed by atoms with Crippen molar-refractivity contribution in [2.24, 2.45) is 0 Å². The second-order valence-electron chi connectivity index (χ2n) is 4.58. The number of nitrogens with zero attached hydrogens (tertiary/aromatic N) is 2. The summed E-state index contributed by atoms with van der Waals surface area (Å²) in [4.78, 5) is 23.0. The maximum atomic E-state index is 11.9. The summed E-state index contributed by atoms with van der Waals surface area (Å²) in [5.41, 5.74) is 0.121. The summed E-state index contributed by atoms with van der Waals surface area (Å²) in [7, 11) is 1.55. The van der Waals surface area contributed by atoms with Crippen molar-refractivity contribution in [1.82, 2.24) is 15.1 Å². The number of hydrogen-bond donors (Lipinski definition) is 2. The lowest BCUT2D eigenvalue weighted by Gasteiger charge is -2.13. The lowest BCUT2D eigenvalue weighted by Crippen LogP contribution is -2.32. The zero-order valence-electron chi connectivity index (χ0n) is 11.2. The van der Waals surface area contributed by atoms with Gasteiger partial charge in [-0.25, -0.2) is 4.68 Å². The molecule has 2 heterocycles. The quantitative estimate of drug-likeness (QED) is 0.786. The molecule has 20 heavy (non-hydrogen) atoms. The van der Waals surface area contributed by atoms with Crippen molar-refractivity contribution >= 4 is 23.2 Å². The molecule has 0 aliphatic carbocycles. The molecule has 1 aliphatic rings. The van der Waals surface area contributed by atoms with Crippen molar-refractivity contribution in [1.29, 1.82) is 0 Å². The highest BCUT2D eigenvalue weighted by Gasteiger charge is 2.20. The summed E-state index contributed by atoms with van der Waals surface area (Å²) in [6.45, 7) is 1.27. The molecule has 1 saturated heterocycles. The molecular formula is C12H17ClN4O3. The molecule has 2 rings (SSSR count). The molecule has 0 spiro atoms. The highest BCUT2D eigenvalue weighted by atomic mass is 35.5. The van der Waals surface area contributed by atoms with E-state index in [0.29, 0.717) is 31.8 Å². The maximum Gasteiger partial charge on any atom is 0.287 e. The van der Waals surface area contributed by atoms with Gasteiger partial charge in [0.2, 0.25) is 5.91 Å². The molecule has 2 N–H and O–H groups in total. The van der Waals surface area contributed by atoms with Crippen molar-refractivity contribution in [3.63, 3.8) is 0 Å². The molecule has 7 nitrogen and oxygen atoms in total. The third-order valence-corrected chi connectivity index (χ3v) is 3.48. The fraction of sp³-hybridized carbons (Fsp3) is 0.583. The molecule has 1 aromatic heterocycles. The standard InChI is InChI=1S/C12H17ClN4O3/c1-20-5-4-17-12(19)11(13)9(7-15-17)14-6-8-2-3-10(18)16-8/h7-8,14H,2-6H2,1H3,(H,16,18). The van der Waals surface area contributed by atoms with E-state index in [1.165, 1.54) is 10.9 Å². The number of carbonyl (C=O) groups excluding carboxylic acids is 1. The van der Waals surface area contributed by atoms with Crippen LogP contribution < -0.4 is 16.2 Å². The molecule has 1 unspecified atom stereocenters. The second kappa shape index (κ2) is 6.71. The summed E-state index contributed by atoms with van der Waals surface area (Å²) in [6.07, 6.45) is 2.83. The number of halogens is 1. The minimum atomic E-state index is -0.357. The summed E-state index contributed by atoms with van der Waals surface area (Å²) in [6, 6.07) is 0.0643. The molecule has 0 bridgehead atoms. The number of amides is 1. The van der Waals surface area contributed by atoms with Crippen LogP contribution in [0.1, 0.15) is 12.8 Å². The van der Waals surface area contributed by atoms with Crippen LogP contribution in [0.25, 0.3) is 0 Å². The topological polar surface area (TPSA) is 85.2 Å². The Morgan fingerprint density at radius 3 is 3.05 bits per heavy atom. The van der Waals surface area contributed by atoms with Crippen LogP contribution in [0.3, 0.4) is 0 Å². The van der Waals surface area contributed by atoms with Crippen LogP contribution in [-0.4, -0.2) is 42.0 Å². The Kier molecular flexibility index (Phi) is 4.97. The van der Waals surface area contributed by atoms with Gasteiger partial charge in [-0.05, 0) is 6.42 Å². The maximum absolute atomic E-state index is 11.9. The lowest BCUT2D eigenvalue weighted by molar-refractivity contribution is -0.119. The Balaban J connectivity index is 2.00. The van der Waals surface area contributed by atoms with Crippen molar-refractivity contribution in [2.75, 3.05) is 25.6 Å². The molecule has 1 fully saturated rings. The molecule has 0 saturated carbocycles. The van der Waals surface area contributed by atoms with Gasteiger partial charge in [-0.3, -0.25) is 9.59 Å². The predicted octanol–water partition coefficient (Wildman–Crippen LogP) is 0.234. The number of methoxy groups -OCH3 is 1. The van der Waals surface area contributed by atoms with Crippen LogP contribution in [0.15, 0.2) is 11.0 Å². The van der Waals surface area contributed by atoms with E-state index in [0.717, 1.165) is 6.42 Å². The van der Waals surface area contributed by atoms with Crippen LogP contribution in [0.2, 0.25) is 5.02 Å². The van der Waals surface area contributed by atoms with E-state index in [1.54, 1.807) is 7.11 Å². The van der Waals surface area contributed by atoms with Gasteiger partial charge in [0.1, 0.15) is 5.02 Å². The number of anilines is 1. The Hall–Kier alpha value is -1.60. The van der Waals surface area contributed by atoms with E-state index in [4.69, 9.17) is 16.3 Å². The normalized spacial score (nSPS) is 18.1. The smallest absolute Gasteiger partial charge is 0.287 e. The molecule has 1 atom stereocenters. The van der Waals surface area contributed by atoms with Crippen molar-refractivity contribution in [3.05, 3.63) is 21.6 Å². The van der Waals surface area contributed by atoms with Gasteiger partial charge in [0.25, 0.3) is 5.56 Å². The third kappa shape index (κ3) is 3.49. The van der Waals surface area contributed by atoms with Gasteiger partial charge in [0.05, 0.1) is 25.0 Å². The SMILES string of the molecule is COCCn1ncc(NCC2CCC(=O)N2)c(Cl)c1=O. The van der Waals surface area contributed by atoms with E-state index in [-0.39, 0.29) is 22.5 Å². The van der Waals surface area contributed by atoms with Crippen LogP contribution in [0, 0.1) is 0 Å². The molecule has 1 aromatic rings. The van der Waals surface area contributed by atoms with Crippen LogP contribution in [0.4, 0.5) is 5.69 Å². The van der Waals surface area contributed by atoms with Gasteiger partial charge in [-0.1, -0.05) is 11.6 Å². The average molecular weight is 301 g/mol. The molecule has 1 aliphatic heterocycles. The van der Waals surface area contributed by atoms with Gasteiger partial charge in [-0.15, -0.1) is 0 Å². The van der Waals surface area contributed by atoms with Gasteiger partial charge >= 0.3 is 0 Å². The van der Waals surface area contributed by atoms with Crippen LogP contribution in [0.5, 0.6) is 0 Å². The highest BCUT2D eigenvalue weighted by molar-refractivity contribution is 6.32. The summed E-state index contributed by atoms with van der Waals surface area (Å²) in [5.74, 6) is 0.0519. The van der Waals surface area contributed by atoms with E-state index in [2.05, 4.69) is 15.7 Å². The number of ether oxygens (including phenoxy) is 1. The van der Waals surface area contributed by atoms with Gasteiger partial charge in [-0.2, -0.15) is 5.10 Å². The summed E-state index contributed by atoms with van der Waals surface area (Å²) in [5, 5.41) is 10.0. The number of rotatable bonds is 6. The zero-order valence-corrected chi connectivity index (χ0v) is 11.9. The Morgan fingerprint density at radius 2 is 2.40 bits per heavy atom. The van der Waals surface area contributed by atoms with Gasteiger partial charge in [0.15, 0.2) is 0 Å². The van der Waals surface area contributed by atoms with E-state index < -0.39 is 0 Å². The minimum absolute atomic E-state index is 0.0519. The Labute approximate surface area is 121 Å². The van der Waals surface area contributed by atoms with Crippen LogP contribution in [-0.2, 0) is 16.1 Å². The van der Waals surface area contributed by atoms with E-state index in [9.17, 15) is 9.59 Å².